The monoisotopic (exact) mass is 347 g/mol. The number of aromatic amines is 1. The summed E-state index contributed by atoms with van der Waals surface area (Å²) in [6.07, 6.45) is 7.59. The van der Waals surface area contributed by atoms with E-state index < -0.39 is 0 Å². The van der Waals surface area contributed by atoms with Crippen LogP contribution in [0.3, 0.4) is 0 Å². The Balaban J connectivity index is 1.48. The summed E-state index contributed by atoms with van der Waals surface area (Å²) in [7, 11) is 2.18. The molecule has 7 nitrogen and oxygen atoms in total. The van der Waals surface area contributed by atoms with E-state index in [0.717, 1.165) is 60.7 Å². The molecule has 1 fully saturated rings. The minimum absolute atomic E-state index is 0.850. The number of aromatic nitrogens is 5. The standard InChI is InChI=1S/C19H21N7/c1-24-6-8-25(9-7-24)13-14-10-15-16(12-22-19(15)21-11-14)17-2-3-18-20-4-5-26(18)23-17/h2-5,10-12H,6-9,13H2,1H3,(H,21,22). The van der Waals surface area contributed by atoms with Gasteiger partial charge in [0.2, 0.25) is 0 Å². The van der Waals surface area contributed by atoms with E-state index in [4.69, 9.17) is 0 Å². The summed E-state index contributed by atoms with van der Waals surface area (Å²) < 4.78 is 1.80. The van der Waals surface area contributed by atoms with E-state index in [0.29, 0.717) is 0 Å². The number of hydrogen-bond acceptors (Lipinski definition) is 5. The minimum Gasteiger partial charge on any atom is -0.345 e. The van der Waals surface area contributed by atoms with Crippen LogP contribution < -0.4 is 0 Å². The zero-order chi connectivity index (χ0) is 17.5. The zero-order valence-electron chi connectivity index (χ0n) is 14.8. The van der Waals surface area contributed by atoms with Gasteiger partial charge in [-0.15, -0.1) is 0 Å². The highest BCUT2D eigenvalue weighted by Crippen LogP contribution is 2.27. The van der Waals surface area contributed by atoms with Crippen LogP contribution in [0, 0.1) is 0 Å². The third-order valence-electron chi connectivity index (χ3n) is 5.12. The van der Waals surface area contributed by atoms with Crippen LogP contribution in [0.4, 0.5) is 0 Å². The van der Waals surface area contributed by atoms with Crippen molar-refractivity contribution in [3.05, 3.63) is 48.5 Å². The molecule has 5 heterocycles. The van der Waals surface area contributed by atoms with Crippen molar-refractivity contribution in [3.8, 4) is 11.3 Å². The fourth-order valence-electron chi connectivity index (χ4n) is 3.57. The molecule has 4 aromatic heterocycles. The molecule has 0 unspecified atom stereocenters. The third kappa shape index (κ3) is 2.75. The molecule has 0 spiro atoms. The fraction of sp³-hybridized carbons (Fsp3) is 0.316. The number of piperazine rings is 1. The van der Waals surface area contributed by atoms with Crippen LogP contribution in [0.2, 0.25) is 0 Å². The van der Waals surface area contributed by atoms with Crippen LogP contribution in [0.15, 0.2) is 43.0 Å². The lowest BCUT2D eigenvalue weighted by molar-refractivity contribution is 0.148. The Morgan fingerprint density at radius 2 is 2.00 bits per heavy atom. The molecule has 0 radical (unpaired) electrons. The molecular weight excluding hydrogens is 326 g/mol. The Hall–Kier alpha value is -2.77. The van der Waals surface area contributed by atoms with Gasteiger partial charge < -0.3 is 9.88 Å². The van der Waals surface area contributed by atoms with Crippen LogP contribution >= 0.6 is 0 Å². The normalized spacial score (nSPS) is 16.7. The third-order valence-corrected chi connectivity index (χ3v) is 5.12. The second kappa shape index (κ2) is 6.19. The van der Waals surface area contributed by atoms with Crippen LogP contribution in [0.5, 0.6) is 0 Å². The van der Waals surface area contributed by atoms with Gasteiger partial charge in [-0.2, -0.15) is 5.10 Å². The van der Waals surface area contributed by atoms with Crippen molar-refractivity contribution in [2.75, 3.05) is 33.2 Å². The summed E-state index contributed by atoms with van der Waals surface area (Å²) in [5.41, 5.74) is 4.98. The SMILES string of the molecule is CN1CCN(Cc2cnc3[nH]cc(-c4ccc5nccn5n4)c3c2)CC1. The number of nitrogens with zero attached hydrogens (tertiary/aromatic N) is 6. The van der Waals surface area contributed by atoms with Crippen LogP contribution in [0.25, 0.3) is 27.9 Å². The van der Waals surface area contributed by atoms with Gasteiger partial charge in [0.15, 0.2) is 5.65 Å². The molecule has 1 aliphatic heterocycles. The molecule has 132 valence electrons. The van der Waals surface area contributed by atoms with Gasteiger partial charge >= 0.3 is 0 Å². The van der Waals surface area contributed by atoms with Crippen molar-refractivity contribution in [2.24, 2.45) is 0 Å². The van der Waals surface area contributed by atoms with E-state index in [2.05, 4.69) is 43.0 Å². The highest BCUT2D eigenvalue weighted by molar-refractivity contribution is 5.92. The number of pyridine rings is 1. The Morgan fingerprint density at radius 3 is 2.88 bits per heavy atom. The molecule has 0 amide bonds. The molecule has 5 rings (SSSR count). The number of nitrogens with one attached hydrogen (secondary N) is 1. The van der Waals surface area contributed by atoms with Gasteiger partial charge in [0.05, 0.1) is 5.69 Å². The highest BCUT2D eigenvalue weighted by atomic mass is 15.2. The van der Waals surface area contributed by atoms with Gasteiger partial charge in [-0.1, -0.05) is 0 Å². The number of likely N-dealkylation sites (N-methyl/N-ethyl adjacent to an activating group) is 1. The smallest absolute Gasteiger partial charge is 0.153 e. The average molecular weight is 347 g/mol. The molecule has 4 aromatic rings. The largest absolute Gasteiger partial charge is 0.345 e. The number of imidazole rings is 1. The summed E-state index contributed by atoms with van der Waals surface area (Å²) in [5.74, 6) is 0. The van der Waals surface area contributed by atoms with Gasteiger partial charge in [-0.3, -0.25) is 4.90 Å². The first kappa shape index (κ1) is 15.5. The first-order valence-electron chi connectivity index (χ1n) is 8.94. The predicted molar refractivity (Wildman–Crippen MR) is 101 cm³/mol. The quantitative estimate of drug-likeness (QED) is 0.614. The molecule has 7 heteroatoms. The maximum atomic E-state index is 4.67. The van der Waals surface area contributed by atoms with E-state index >= 15 is 0 Å². The molecule has 0 aliphatic carbocycles. The van der Waals surface area contributed by atoms with E-state index in [1.807, 2.05) is 30.7 Å². The predicted octanol–water partition coefficient (Wildman–Crippen LogP) is 2.02. The molecule has 0 bridgehead atoms. The Kier molecular flexibility index (Phi) is 3.69. The fourth-order valence-corrected chi connectivity index (χ4v) is 3.57. The lowest BCUT2D eigenvalue weighted by Gasteiger charge is -2.32. The maximum Gasteiger partial charge on any atom is 0.153 e. The summed E-state index contributed by atoms with van der Waals surface area (Å²) in [6.45, 7) is 5.40. The van der Waals surface area contributed by atoms with Crippen LogP contribution in [-0.4, -0.2) is 67.6 Å². The van der Waals surface area contributed by atoms with E-state index in [1.165, 1.54) is 5.56 Å². The molecular formula is C19H21N7. The lowest BCUT2D eigenvalue weighted by Crippen LogP contribution is -2.43. The Labute approximate surface area is 151 Å². The molecule has 0 aromatic carbocycles. The molecule has 26 heavy (non-hydrogen) atoms. The first-order valence-corrected chi connectivity index (χ1v) is 8.94. The highest BCUT2D eigenvalue weighted by Gasteiger charge is 2.15. The van der Waals surface area contributed by atoms with Crippen LogP contribution in [-0.2, 0) is 6.54 Å². The van der Waals surface area contributed by atoms with E-state index in [9.17, 15) is 0 Å². The van der Waals surface area contributed by atoms with Gasteiger partial charge in [0, 0.05) is 68.5 Å². The molecule has 1 N–H and O–H groups in total. The average Bonchev–Trinajstić information content (AvgIpc) is 3.29. The summed E-state index contributed by atoms with van der Waals surface area (Å²) in [6, 6.07) is 6.24. The van der Waals surface area contributed by atoms with E-state index in [-0.39, 0.29) is 0 Å². The second-order valence-corrected chi connectivity index (χ2v) is 6.97. The van der Waals surface area contributed by atoms with Crippen molar-refractivity contribution in [2.45, 2.75) is 6.54 Å². The van der Waals surface area contributed by atoms with Crippen molar-refractivity contribution in [1.82, 2.24) is 34.4 Å². The summed E-state index contributed by atoms with van der Waals surface area (Å²) in [4.78, 5) is 17.0. The number of fused-ring (bicyclic) bond motifs is 2. The second-order valence-electron chi connectivity index (χ2n) is 6.97. The maximum absolute atomic E-state index is 4.67. The van der Waals surface area contributed by atoms with Crippen molar-refractivity contribution in [3.63, 3.8) is 0 Å². The molecule has 1 saturated heterocycles. The number of hydrogen-bond donors (Lipinski definition) is 1. The Bertz CT molecular complexity index is 1060. The van der Waals surface area contributed by atoms with Crippen LogP contribution in [0.1, 0.15) is 5.56 Å². The summed E-state index contributed by atoms with van der Waals surface area (Å²) in [5, 5.41) is 5.79. The van der Waals surface area contributed by atoms with Crippen molar-refractivity contribution in [1.29, 1.82) is 0 Å². The topological polar surface area (TPSA) is 65.3 Å². The van der Waals surface area contributed by atoms with E-state index in [1.54, 1.807) is 10.7 Å². The molecule has 1 aliphatic rings. The first-order chi connectivity index (χ1) is 12.8. The molecule has 0 atom stereocenters. The van der Waals surface area contributed by atoms with Gasteiger partial charge in [0.25, 0.3) is 0 Å². The van der Waals surface area contributed by atoms with Crippen molar-refractivity contribution < 1.29 is 0 Å². The lowest BCUT2D eigenvalue weighted by atomic mass is 10.1. The number of H-pyrrole nitrogens is 1. The van der Waals surface area contributed by atoms with Gasteiger partial charge in [-0.25, -0.2) is 14.5 Å². The van der Waals surface area contributed by atoms with Gasteiger partial charge in [0.1, 0.15) is 5.65 Å². The Morgan fingerprint density at radius 1 is 1.12 bits per heavy atom. The number of rotatable bonds is 3. The van der Waals surface area contributed by atoms with Gasteiger partial charge in [-0.05, 0) is 30.8 Å². The van der Waals surface area contributed by atoms with Crippen molar-refractivity contribution >= 4 is 16.7 Å². The zero-order valence-corrected chi connectivity index (χ0v) is 14.8. The summed E-state index contributed by atoms with van der Waals surface area (Å²) >= 11 is 0. The minimum atomic E-state index is 0.850. The molecule has 0 saturated carbocycles.